The summed E-state index contributed by atoms with van der Waals surface area (Å²) < 4.78 is 51.7. The van der Waals surface area contributed by atoms with Crippen LogP contribution in [0.4, 0.5) is 23.2 Å². The summed E-state index contributed by atoms with van der Waals surface area (Å²) >= 11 is 3.08. The molecule has 0 unspecified atom stereocenters. The van der Waals surface area contributed by atoms with Crippen LogP contribution in [0.1, 0.15) is 16.7 Å². The molecule has 1 N–H and O–H groups in total. The van der Waals surface area contributed by atoms with E-state index >= 15 is 0 Å². The molecule has 0 radical (unpaired) electrons. The van der Waals surface area contributed by atoms with Crippen molar-refractivity contribution < 1.29 is 17.6 Å². The van der Waals surface area contributed by atoms with E-state index in [2.05, 4.69) is 21.2 Å². The van der Waals surface area contributed by atoms with Gasteiger partial charge in [0, 0.05) is 12.2 Å². The van der Waals surface area contributed by atoms with Crippen molar-refractivity contribution in [2.45, 2.75) is 19.6 Å². The van der Waals surface area contributed by atoms with Crippen LogP contribution in [0.3, 0.4) is 0 Å². The normalized spacial score (nSPS) is 11.5. The first-order valence-corrected chi connectivity index (χ1v) is 6.92. The van der Waals surface area contributed by atoms with E-state index in [9.17, 15) is 17.6 Å². The van der Waals surface area contributed by atoms with E-state index in [1.54, 1.807) is 19.1 Å². The Hall–Kier alpha value is -1.56. The molecule has 0 heterocycles. The average Bonchev–Trinajstić information content (AvgIpc) is 2.41. The fraction of sp³-hybridized carbons (Fsp3) is 0.200. The molecule has 0 aliphatic heterocycles. The lowest BCUT2D eigenvalue weighted by atomic mass is 10.1. The Labute approximate surface area is 128 Å². The van der Waals surface area contributed by atoms with Crippen molar-refractivity contribution in [1.82, 2.24) is 0 Å². The maximum absolute atomic E-state index is 13.5. The first-order chi connectivity index (χ1) is 9.77. The third-order valence-corrected chi connectivity index (χ3v) is 3.61. The first-order valence-electron chi connectivity index (χ1n) is 6.13. The second-order valence-electron chi connectivity index (χ2n) is 4.63. The summed E-state index contributed by atoms with van der Waals surface area (Å²) in [7, 11) is 0. The van der Waals surface area contributed by atoms with Gasteiger partial charge < -0.3 is 5.32 Å². The van der Waals surface area contributed by atoms with Gasteiger partial charge in [-0.3, -0.25) is 0 Å². The first kappa shape index (κ1) is 15.8. The molecule has 0 amide bonds. The summed E-state index contributed by atoms with van der Waals surface area (Å²) in [5.74, 6) is -0.424. The van der Waals surface area contributed by atoms with Crippen LogP contribution in [-0.4, -0.2) is 0 Å². The minimum atomic E-state index is -4.37. The summed E-state index contributed by atoms with van der Waals surface area (Å²) in [6.45, 7) is 1.98. The van der Waals surface area contributed by atoms with Crippen LogP contribution in [0, 0.1) is 12.7 Å². The van der Waals surface area contributed by atoms with Crippen molar-refractivity contribution in [2.75, 3.05) is 5.32 Å². The minimum Gasteiger partial charge on any atom is -0.381 e. The van der Waals surface area contributed by atoms with Crippen LogP contribution in [0.15, 0.2) is 40.9 Å². The number of aryl methyl sites for hydroxylation is 1. The number of hydrogen-bond donors (Lipinski definition) is 1. The van der Waals surface area contributed by atoms with Crippen molar-refractivity contribution >= 4 is 21.6 Å². The third-order valence-electron chi connectivity index (χ3n) is 3.00. The van der Waals surface area contributed by atoms with Crippen LogP contribution in [0.2, 0.25) is 0 Å². The number of halogens is 5. The lowest BCUT2D eigenvalue weighted by Crippen LogP contribution is -2.07. The molecule has 0 fully saturated rings. The highest BCUT2D eigenvalue weighted by Gasteiger charge is 2.30. The van der Waals surface area contributed by atoms with Gasteiger partial charge in [-0.15, -0.1) is 0 Å². The molecule has 0 spiro atoms. The summed E-state index contributed by atoms with van der Waals surface area (Å²) in [5.41, 5.74) is 1.14. The Bertz CT molecular complexity index is 653. The Kier molecular flexibility index (Phi) is 4.56. The number of alkyl halides is 3. The van der Waals surface area contributed by atoms with E-state index < -0.39 is 17.6 Å². The molecule has 2 aromatic rings. The maximum Gasteiger partial charge on any atom is 0.416 e. The summed E-state index contributed by atoms with van der Waals surface area (Å²) in [6, 6.07) is 7.98. The van der Waals surface area contributed by atoms with Gasteiger partial charge >= 0.3 is 6.18 Å². The van der Waals surface area contributed by atoms with E-state index in [0.29, 0.717) is 15.7 Å². The molecule has 0 saturated carbocycles. The largest absolute Gasteiger partial charge is 0.416 e. The monoisotopic (exact) mass is 361 g/mol. The molecule has 0 aliphatic rings. The molecule has 2 aromatic carbocycles. The zero-order valence-corrected chi connectivity index (χ0v) is 12.6. The predicted octanol–water partition coefficient (Wildman–Crippen LogP) is 5.53. The lowest BCUT2D eigenvalue weighted by Gasteiger charge is -2.12. The number of anilines is 1. The third kappa shape index (κ3) is 3.97. The predicted molar refractivity (Wildman–Crippen MR) is 77.6 cm³/mol. The molecule has 0 saturated heterocycles. The maximum atomic E-state index is 13.5. The molecule has 0 atom stereocenters. The van der Waals surface area contributed by atoms with E-state index in [-0.39, 0.29) is 6.54 Å². The quantitative estimate of drug-likeness (QED) is 0.709. The van der Waals surface area contributed by atoms with Gasteiger partial charge in [-0.2, -0.15) is 13.2 Å². The Morgan fingerprint density at radius 1 is 1.14 bits per heavy atom. The number of benzene rings is 2. The van der Waals surface area contributed by atoms with E-state index in [0.717, 1.165) is 17.7 Å². The zero-order chi connectivity index (χ0) is 15.6. The lowest BCUT2D eigenvalue weighted by molar-refractivity contribution is -0.137. The number of rotatable bonds is 3. The second kappa shape index (κ2) is 6.05. The molecular weight excluding hydrogens is 350 g/mol. The van der Waals surface area contributed by atoms with Crippen molar-refractivity contribution in [2.24, 2.45) is 0 Å². The van der Waals surface area contributed by atoms with Crippen molar-refractivity contribution in [3.8, 4) is 0 Å². The molecular formula is C15H12BrF4N. The molecule has 0 bridgehead atoms. The summed E-state index contributed by atoms with van der Waals surface area (Å²) in [4.78, 5) is 0. The molecule has 21 heavy (non-hydrogen) atoms. The van der Waals surface area contributed by atoms with Gasteiger partial charge in [-0.25, -0.2) is 4.39 Å². The standard InChI is InChI=1S/C15H12BrF4N/c1-9-5-12(16)13(17)7-14(9)21-8-10-3-2-4-11(6-10)15(18,19)20/h2-7,21H,8H2,1H3. The highest BCUT2D eigenvalue weighted by atomic mass is 79.9. The van der Waals surface area contributed by atoms with Crippen LogP contribution >= 0.6 is 15.9 Å². The topological polar surface area (TPSA) is 12.0 Å². The minimum absolute atomic E-state index is 0.186. The van der Waals surface area contributed by atoms with Gasteiger partial charge in [-0.1, -0.05) is 12.1 Å². The van der Waals surface area contributed by atoms with Gasteiger partial charge in [0.05, 0.1) is 10.0 Å². The molecule has 6 heteroatoms. The average molecular weight is 362 g/mol. The van der Waals surface area contributed by atoms with Crippen molar-refractivity contribution in [3.05, 3.63) is 63.4 Å². The second-order valence-corrected chi connectivity index (χ2v) is 5.49. The van der Waals surface area contributed by atoms with Crippen molar-refractivity contribution in [3.63, 3.8) is 0 Å². The van der Waals surface area contributed by atoms with Gasteiger partial charge in [0.2, 0.25) is 0 Å². The molecule has 0 aliphatic carbocycles. The van der Waals surface area contributed by atoms with E-state index in [4.69, 9.17) is 0 Å². The molecule has 112 valence electrons. The van der Waals surface area contributed by atoms with Crippen LogP contribution in [-0.2, 0) is 12.7 Å². The van der Waals surface area contributed by atoms with Gasteiger partial charge in [-0.05, 0) is 58.2 Å². The van der Waals surface area contributed by atoms with Crippen LogP contribution < -0.4 is 5.32 Å². The summed E-state index contributed by atoms with van der Waals surface area (Å²) in [6.07, 6.45) is -4.37. The fourth-order valence-electron chi connectivity index (χ4n) is 1.89. The molecule has 0 aromatic heterocycles. The smallest absolute Gasteiger partial charge is 0.381 e. The number of nitrogens with one attached hydrogen (secondary N) is 1. The van der Waals surface area contributed by atoms with Gasteiger partial charge in [0.15, 0.2) is 0 Å². The Balaban J connectivity index is 2.15. The fourth-order valence-corrected chi connectivity index (χ4v) is 2.35. The van der Waals surface area contributed by atoms with E-state index in [1.165, 1.54) is 12.1 Å². The van der Waals surface area contributed by atoms with Gasteiger partial charge in [0.1, 0.15) is 5.82 Å². The zero-order valence-electron chi connectivity index (χ0n) is 11.1. The highest BCUT2D eigenvalue weighted by molar-refractivity contribution is 9.10. The van der Waals surface area contributed by atoms with Crippen LogP contribution in [0.25, 0.3) is 0 Å². The number of hydrogen-bond acceptors (Lipinski definition) is 1. The molecule has 2 rings (SSSR count). The summed E-state index contributed by atoms with van der Waals surface area (Å²) in [5, 5.41) is 2.95. The Morgan fingerprint density at radius 2 is 1.86 bits per heavy atom. The van der Waals surface area contributed by atoms with Crippen LogP contribution in [0.5, 0.6) is 0 Å². The van der Waals surface area contributed by atoms with Gasteiger partial charge in [0.25, 0.3) is 0 Å². The Morgan fingerprint density at radius 3 is 2.52 bits per heavy atom. The van der Waals surface area contributed by atoms with Crippen molar-refractivity contribution in [1.29, 1.82) is 0 Å². The van der Waals surface area contributed by atoms with E-state index in [1.807, 2.05) is 0 Å². The molecule has 1 nitrogen and oxygen atoms in total. The highest BCUT2D eigenvalue weighted by Crippen LogP contribution is 2.30. The SMILES string of the molecule is Cc1cc(Br)c(F)cc1NCc1cccc(C(F)(F)F)c1.